The molecule has 3 aromatic heterocycles. The van der Waals surface area contributed by atoms with E-state index in [1.807, 2.05) is 24.3 Å². The molecule has 7 heteroatoms. The van der Waals surface area contributed by atoms with Crippen molar-refractivity contribution in [2.24, 2.45) is 0 Å². The fraction of sp³-hybridized carbons (Fsp3) is 0.0625. The second-order valence-corrected chi connectivity index (χ2v) is 5.77. The van der Waals surface area contributed by atoms with Gasteiger partial charge >= 0.3 is 0 Å². The summed E-state index contributed by atoms with van der Waals surface area (Å²) < 4.78 is 12.4. The van der Waals surface area contributed by atoms with Crippen molar-refractivity contribution in [3.8, 4) is 17.1 Å². The largest absolute Gasteiger partial charge is 0.496 e. The first-order valence-corrected chi connectivity index (χ1v) is 7.66. The lowest BCUT2D eigenvalue weighted by molar-refractivity contribution is 0.416. The first-order valence-electron chi connectivity index (χ1n) is 6.84. The predicted molar refractivity (Wildman–Crippen MR) is 86.6 cm³/mol. The molecule has 4 aromatic rings. The summed E-state index contributed by atoms with van der Waals surface area (Å²) >= 11 is 1.27. The zero-order chi connectivity index (χ0) is 15.8. The standard InChI is InChI=1S/C16H11N3O3S/c1-21-12-7-3-2-6-11(12)14-17-16-19(18-14)15(20)13(23-16)9-10-5-4-8-22-10/h2-9H,1H3/b13-9-. The second kappa shape index (κ2) is 5.36. The first kappa shape index (κ1) is 13.7. The molecule has 0 fully saturated rings. The van der Waals surface area contributed by atoms with Crippen LogP contribution in [0.2, 0.25) is 0 Å². The fourth-order valence-corrected chi connectivity index (χ4v) is 3.17. The van der Waals surface area contributed by atoms with E-state index in [-0.39, 0.29) is 5.56 Å². The Bertz CT molecular complexity index is 1080. The van der Waals surface area contributed by atoms with Crippen LogP contribution in [0, 0.1) is 0 Å². The quantitative estimate of drug-likeness (QED) is 0.576. The minimum atomic E-state index is -0.213. The van der Waals surface area contributed by atoms with Gasteiger partial charge in [-0.05, 0) is 24.3 Å². The Labute approximate surface area is 134 Å². The third kappa shape index (κ3) is 2.31. The average molecular weight is 325 g/mol. The highest BCUT2D eigenvalue weighted by Crippen LogP contribution is 2.27. The van der Waals surface area contributed by atoms with E-state index < -0.39 is 0 Å². The Morgan fingerprint density at radius 1 is 1.26 bits per heavy atom. The van der Waals surface area contributed by atoms with Gasteiger partial charge in [-0.2, -0.15) is 9.50 Å². The SMILES string of the molecule is COc1ccccc1-c1nc2s/c(=C\c3ccco3)c(=O)n2n1. The molecule has 114 valence electrons. The number of hydrogen-bond acceptors (Lipinski definition) is 6. The van der Waals surface area contributed by atoms with E-state index in [9.17, 15) is 4.79 Å². The number of nitrogens with zero attached hydrogens (tertiary/aromatic N) is 3. The minimum absolute atomic E-state index is 0.213. The van der Waals surface area contributed by atoms with Crippen molar-refractivity contribution in [2.45, 2.75) is 0 Å². The highest BCUT2D eigenvalue weighted by Gasteiger charge is 2.14. The van der Waals surface area contributed by atoms with Gasteiger partial charge in [-0.25, -0.2) is 0 Å². The van der Waals surface area contributed by atoms with E-state index in [0.29, 0.717) is 26.8 Å². The molecule has 23 heavy (non-hydrogen) atoms. The van der Waals surface area contributed by atoms with E-state index in [1.165, 1.54) is 15.9 Å². The van der Waals surface area contributed by atoms with Gasteiger partial charge in [0.1, 0.15) is 16.0 Å². The van der Waals surface area contributed by atoms with Gasteiger partial charge in [-0.1, -0.05) is 23.5 Å². The Morgan fingerprint density at radius 3 is 2.87 bits per heavy atom. The van der Waals surface area contributed by atoms with Gasteiger partial charge in [0, 0.05) is 6.08 Å². The molecule has 0 atom stereocenters. The third-order valence-corrected chi connectivity index (χ3v) is 4.31. The molecule has 0 radical (unpaired) electrons. The van der Waals surface area contributed by atoms with Crippen LogP contribution in [-0.2, 0) is 0 Å². The molecule has 6 nitrogen and oxygen atoms in total. The Balaban J connectivity index is 1.86. The maximum absolute atomic E-state index is 12.4. The van der Waals surface area contributed by atoms with Crippen molar-refractivity contribution < 1.29 is 9.15 Å². The van der Waals surface area contributed by atoms with Gasteiger partial charge in [0.15, 0.2) is 5.82 Å². The fourth-order valence-electron chi connectivity index (χ4n) is 2.28. The summed E-state index contributed by atoms with van der Waals surface area (Å²) in [4.78, 5) is 17.4. The summed E-state index contributed by atoms with van der Waals surface area (Å²) in [7, 11) is 1.59. The highest BCUT2D eigenvalue weighted by molar-refractivity contribution is 7.15. The maximum Gasteiger partial charge on any atom is 0.291 e. The van der Waals surface area contributed by atoms with E-state index in [4.69, 9.17) is 9.15 Å². The van der Waals surface area contributed by atoms with Crippen LogP contribution in [0.15, 0.2) is 51.9 Å². The molecule has 0 spiro atoms. The Morgan fingerprint density at radius 2 is 2.13 bits per heavy atom. The predicted octanol–water partition coefficient (Wildman–Crippen LogP) is 1.97. The van der Waals surface area contributed by atoms with Crippen LogP contribution in [0.4, 0.5) is 0 Å². The molecular formula is C16H11N3O3S. The topological polar surface area (TPSA) is 69.6 Å². The van der Waals surface area contributed by atoms with E-state index in [2.05, 4.69) is 10.1 Å². The molecule has 0 unspecified atom stereocenters. The molecule has 0 amide bonds. The van der Waals surface area contributed by atoms with Crippen molar-refractivity contribution in [3.05, 3.63) is 63.3 Å². The van der Waals surface area contributed by atoms with Crippen LogP contribution in [0.3, 0.4) is 0 Å². The summed E-state index contributed by atoms with van der Waals surface area (Å²) in [5.74, 6) is 1.76. The molecule has 0 bridgehead atoms. The van der Waals surface area contributed by atoms with Gasteiger partial charge < -0.3 is 9.15 Å². The average Bonchev–Trinajstić information content (AvgIpc) is 3.28. The van der Waals surface area contributed by atoms with Crippen molar-refractivity contribution in [3.63, 3.8) is 0 Å². The molecule has 1 aromatic carbocycles. The monoisotopic (exact) mass is 325 g/mol. The normalized spacial score (nSPS) is 12.1. The van der Waals surface area contributed by atoms with Crippen LogP contribution in [0.25, 0.3) is 22.4 Å². The number of benzene rings is 1. The molecule has 3 heterocycles. The summed E-state index contributed by atoms with van der Waals surface area (Å²) in [6, 6.07) is 11.0. The van der Waals surface area contributed by atoms with Crippen molar-refractivity contribution >= 4 is 22.4 Å². The summed E-state index contributed by atoms with van der Waals surface area (Å²) in [5.41, 5.74) is 0.539. The summed E-state index contributed by atoms with van der Waals surface area (Å²) in [6.45, 7) is 0. The molecule has 0 N–H and O–H groups in total. The lowest BCUT2D eigenvalue weighted by Crippen LogP contribution is -2.23. The van der Waals surface area contributed by atoms with E-state index in [1.54, 1.807) is 31.6 Å². The van der Waals surface area contributed by atoms with Gasteiger partial charge in [0.05, 0.1) is 18.9 Å². The Hall–Kier alpha value is -2.93. The highest BCUT2D eigenvalue weighted by atomic mass is 32.1. The number of thiazole rings is 1. The molecule has 0 aliphatic heterocycles. The molecule has 0 saturated carbocycles. The van der Waals surface area contributed by atoms with Crippen molar-refractivity contribution in [1.82, 2.24) is 14.6 Å². The van der Waals surface area contributed by atoms with Crippen molar-refractivity contribution in [1.29, 1.82) is 0 Å². The zero-order valence-electron chi connectivity index (χ0n) is 12.1. The number of rotatable bonds is 3. The molecule has 0 saturated heterocycles. The van der Waals surface area contributed by atoms with Crippen LogP contribution >= 0.6 is 11.3 Å². The van der Waals surface area contributed by atoms with Gasteiger partial charge in [0.2, 0.25) is 4.96 Å². The van der Waals surface area contributed by atoms with E-state index >= 15 is 0 Å². The summed E-state index contributed by atoms with van der Waals surface area (Å²) in [6.07, 6.45) is 3.25. The number of hydrogen-bond donors (Lipinski definition) is 0. The summed E-state index contributed by atoms with van der Waals surface area (Å²) in [5, 5.41) is 4.31. The van der Waals surface area contributed by atoms with Crippen LogP contribution in [0.5, 0.6) is 5.75 Å². The minimum Gasteiger partial charge on any atom is -0.496 e. The maximum atomic E-state index is 12.4. The molecule has 0 aliphatic carbocycles. The number of methoxy groups -OCH3 is 1. The first-order chi connectivity index (χ1) is 11.3. The smallest absolute Gasteiger partial charge is 0.291 e. The lowest BCUT2D eigenvalue weighted by Gasteiger charge is -2.03. The third-order valence-electron chi connectivity index (χ3n) is 3.35. The van der Waals surface area contributed by atoms with Crippen LogP contribution in [-0.4, -0.2) is 21.7 Å². The molecular weight excluding hydrogens is 314 g/mol. The number of fused-ring (bicyclic) bond motifs is 1. The van der Waals surface area contributed by atoms with Crippen LogP contribution < -0.4 is 14.8 Å². The van der Waals surface area contributed by atoms with Gasteiger partial charge in [-0.3, -0.25) is 4.79 Å². The number of furan rings is 1. The Kier molecular flexibility index (Phi) is 3.20. The lowest BCUT2D eigenvalue weighted by atomic mass is 10.2. The molecule has 4 rings (SSSR count). The van der Waals surface area contributed by atoms with Crippen molar-refractivity contribution in [2.75, 3.05) is 7.11 Å². The number of para-hydroxylation sites is 1. The molecule has 0 aliphatic rings. The van der Waals surface area contributed by atoms with Gasteiger partial charge in [0.25, 0.3) is 5.56 Å². The van der Waals surface area contributed by atoms with E-state index in [0.717, 1.165) is 5.56 Å². The van der Waals surface area contributed by atoms with Crippen LogP contribution in [0.1, 0.15) is 5.76 Å². The second-order valence-electron chi connectivity index (χ2n) is 4.76. The number of ether oxygens (including phenoxy) is 1. The van der Waals surface area contributed by atoms with Gasteiger partial charge in [-0.15, -0.1) is 5.10 Å². The number of aromatic nitrogens is 3. The zero-order valence-corrected chi connectivity index (χ0v) is 12.9.